The second kappa shape index (κ2) is 11.1. The van der Waals surface area contributed by atoms with Crippen LogP contribution in [0.3, 0.4) is 0 Å². The van der Waals surface area contributed by atoms with Crippen LogP contribution < -0.4 is 10.9 Å². The average molecular weight is 520 g/mol. The van der Waals surface area contributed by atoms with Gasteiger partial charge in [0, 0.05) is 12.5 Å². The first-order valence-corrected chi connectivity index (χ1v) is 11.9. The summed E-state index contributed by atoms with van der Waals surface area (Å²) in [5.41, 5.74) is 8.56. The van der Waals surface area contributed by atoms with E-state index >= 15 is 0 Å². The van der Waals surface area contributed by atoms with Gasteiger partial charge in [0.25, 0.3) is 0 Å². The Morgan fingerprint density at radius 2 is 1.69 bits per heavy atom. The Labute approximate surface area is 199 Å². The molecule has 1 heterocycles. The number of halogens is 4. The van der Waals surface area contributed by atoms with Gasteiger partial charge in [0.05, 0.1) is 17.5 Å². The second-order valence-electron chi connectivity index (χ2n) is 7.98. The molecule has 0 unspecified atom stereocenters. The van der Waals surface area contributed by atoms with Crippen molar-refractivity contribution in [2.75, 3.05) is 13.1 Å². The zero-order chi connectivity index (χ0) is 26.6. The van der Waals surface area contributed by atoms with Gasteiger partial charge >= 0.3 is 12.1 Å². The first-order valence-electron chi connectivity index (χ1n) is 10.3. The van der Waals surface area contributed by atoms with Crippen molar-refractivity contribution in [2.24, 2.45) is 10.9 Å². The third-order valence-corrected chi connectivity index (χ3v) is 6.35. The lowest BCUT2D eigenvalue weighted by Gasteiger charge is -2.25. The summed E-state index contributed by atoms with van der Waals surface area (Å²) in [5, 5.41) is 12.3. The number of benzene rings is 2. The van der Waals surface area contributed by atoms with Gasteiger partial charge in [-0.25, -0.2) is 22.7 Å². The minimum atomic E-state index is -5.08. The number of primary sulfonamides is 1. The van der Waals surface area contributed by atoms with E-state index in [1.807, 2.05) is 31.2 Å². The summed E-state index contributed by atoms with van der Waals surface area (Å²) in [4.78, 5) is 22.9. The molecule has 1 fully saturated rings. The highest BCUT2D eigenvalue weighted by Gasteiger charge is 2.38. The predicted molar refractivity (Wildman–Crippen MR) is 119 cm³/mol. The van der Waals surface area contributed by atoms with E-state index in [-0.39, 0.29) is 23.3 Å². The maximum atomic E-state index is 13.3. The lowest BCUT2D eigenvalue weighted by molar-refractivity contribution is -0.192. The topological polar surface area (TPSA) is 144 Å². The number of nitrogens with two attached hydrogens (primary N) is 2. The zero-order valence-corrected chi connectivity index (χ0v) is 19.4. The largest absolute Gasteiger partial charge is 0.490 e. The molecule has 1 saturated heterocycles. The Balaban J connectivity index is 0.000000540. The Bertz CT molecular complexity index is 1160. The number of carbonyl (C=O) groups is 2. The molecule has 0 saturated carbocycles. The fourth-order valence-corrected chi connectivity index (χ4v) is 3.94. The molecule has 0 aromatic heterocycles. The molecule has 192 valence electrons. The number of aliphatic carboxylic acids is 1. The molecular weight excluding hydrogens is 494 g/mol. The number of likely N-dealkylation sites (tertiary alicyclic amines) is 1. The SMILES string of the molecule is C[C@@H](c1ccc(-c2cccc(S(N)(=O)=O)c2)cc1)[C@H](N)C(=O)N1CC[C@H](F)C1.O=C(O)C(F)(F)F. The van der Waals surface area contributed by atoms with Crippen molar-refractivity contribution in [1.29, 1.82) is 0 Å². The van der Waals surface area contributed by atoms with E-state index in [0.29, 0.717) is 13.0 Å². The molecule has 1 aliphatic heterocycles. The van der Waals surface area contributed by atoms with Crippen molar-refractivity contribution in [2.45, 2.75) is 42.5 Å². The van der Waals surface area contributed by atoms with Crippen LogP contribution in [-0.2, 0) is 19.6 Å². The number of carboxylic acids is 1. The average Bonchev–Trinajstić information content (AvgIpc) is 3.23. The Morgan fingerprint density at radius 1 is 1.11 bits per heavy atom. The van der Waals surface area contributed by atoms with Crippen LogP contribution in [0.5, 0.6) is 0 Å². The number of hydrogen-bond acceptors (Lipinski definition) is 5. The van der Waals surface area contributed by atoms with Crippen molar-refractivity contribution in [3.05, 3.63) is 54.1 Å². The van der Waals surface area contributed by atoms with E-state index in [9.17, 15) is 30.8 Å². The second-order valence-corrected chi connectivity index (χ2v) is 9.54. The Hall–Kier alpha value is -3.03. The molecule has 0 bridgehead atoms. The lowest BCUT2D eigenvalue weighted by Crippen LogP contribution is -2.45. The number of carboxylic acid groups (broad SMARTS) is 1. The van der Waals surface area contributed by atoms with Crippen LogP contribution in [0.25, 0.3) is 11.1 Å². The summed E-state index contributed by atoms with van der Waals surface area (Å²) in [5.74, 6) is -3.24. The van der Waals surface area contributed by atoms with Gasteiger partial charge in [0.15, 0.2) is 0 Å². The number of hydrogen-bond donors (Lipinski definition) is 3. The third-order valence-electron chi connectivity index (χ3n) is 5.44. The van der Waals surface area contributed by atoms with Crippen molar-refractivity contribution >= 4 is 21.9 Å². The molecule has 1 amide bonds. The minimum absolute atomic E-state index is 0.0480. The smallest absolute Gasteiger partial charge is 0.475 e. The van der Waals surface area contributed by atoms with E-state index in [2.05, 4.69) is 0 Å². The van der Waals surface area contributed by atoms with Crippen LogP contribution in [0.1, 0.15) is 24.8 Å². The zero-order valence-electron chi connectivity index (χ0n) is 18.6. The van der Waals surface area contributed by atoms with Gasteiger partial charge in [-0.2, -0.15) is 13.2 Å². The molecule has 5 N–H and O–H groups in total. The molecule has 2 aromatic rings. The predicted octanol–water partition coefficient (Wildman–Crippen LogP) is 2.64. The summed E-state index contributed by atoms with van der Waals surface area (Å²) < 4.78 is 68.2. The van der Waals surface area contributed by atoms with E-state index in [1.54, 1.807) is 12.1 Å². The van der Waals surface area contributed by atoms with Crippen molar-refractivity contribution in [3.63, 3.8) is 0 Å². The first kappa shape index (κ1) is 28.2. The van der Waals surface area contributed by atoms with Crippen molar-refractivity contribution in [1.82, 2.24) is 4.90 Å². The summed E-state index contributed by atoms with van der Waals surface area (Å²) in [6.07, 6.45) is -5.70. The molecule has 35 heavy (non-hydrogen) atoms. The Kier molecular flexibility index (Phi) is 8.98. The van der Waals surface area contributed by atoms with Gasteiger partial charge in [-0.05, 0) is 35.2 Å². The van der Waals surface area contributed by atoms with Crippen LogP contribution in [0.15, 0.2) is 53.4 Å². The molecule has 0 radical (unpaired) electrons. The highest BCUT2D eigenvalue weighted by Crippen LogP contribution is 2.26. The van der Waals surface area contributed by atoms with Gasteiger partial charge in [0.1, 0.15) is 6.17 Å². The standard InChI is InChI=1S/C20H24FN3O3S.C2HF3O2/c1-13(19(22)20(25)24-10-9-17(21)12-24)14-5-7-15(8-6-14)16-3-2-4-18(11-16)28(23,26)27;3-2(4,5)1(6)7/h2-8,11,13,17,19H,9-10,12,22H2,1H3,(H2,23,26,27);(H,6,7)/t13-,17-,19-;/m0./s1. The molecule has 8 nitrogen and oxygen atoms in total. The quantitative estimate of drug-likeness (QED) is 0.518. The molecule has 13 heteroatoms. The number of amides is 1. The fourth-order valence-electron chi connectivity index (χ4n) is 3.38. The fraction of sp³-hybridized carbons (Fsp3) is 0.364. The molecule has 3 atom stereocenters. The summed E-state index contributed by atoms with van der Waals surface area (Å²) in [6.45, 7) is 2.38. The van der Waals surface area contributed by atoms with Gasteiger partial charge in [0.2, 0.25) is 15.9 Å². The minimum Gasteiger partial charge on any atom is -0.475 e. The number of sulfonamides is 1. The van der Waals surface area contributed by atoms with E-state index in [0.717, 1.165) is 16.7 Å². The van der Waals surface area contributed by atoms with E-state index < -0.39 is 34.4 Å². The monoisotopic (exact) mass is 519 g/mol. The van der Waals surface area contributed by atoms with Gasteiger partial charge in [-0.3, -0.25) is 4.79 Å². The number of carbonyl (C=O) groups excluding carboxylic acids is 1. The van der Waals surface area contributed by atoms with Gasteiger partial charge in [-0.1, -0.05) is 43.3 Å². The van der Waals surface area contributed by atoms with Gasteiger partial charge < -0.3 is 15.7 Å². The number of nitrogens with zero attached hydrogens (tertiary/aromatic N) is 1. The van der Waals surface area contributed by atoms with Crippen LogP contribution in [0.4, 0.5) is 17.6 Å². The normalized spacial score (nSPS) is 17.8. The highest BCUT2D eigenvalue weighted by molar-refractivity contribution is 7.89. The molecule has 0 spiro atoms. The van der Waals surface area contributed by atoms with Crippen LogP contribution in [0.2, 0.25) is 0 Å². The molecule has 0 aliphatic carbocycles. The molecule has 2 aromatic carbocycles. The summed E-state index contributed by atoms with van der Waals surface area (Å²) >= 11 is 0. The van der Waals surface area contributed by atoms with Crippen molar-refractivity contribution in [3.8, 4) is 11.1 Å². The summed E-state index contributed by atoms with van der Waals surface area (Å²) in [6, 6.07) is 13.1. The van der Waals surface area contributed by atoms with E-state index in [4.69, 9.17) is 20.8 Å². The third kappa shape index (κ3) is 7.73. The molecular formula is C22H25F4N3O5S. The maximum absolute atomic E-state index is 13.3. The first-order chi connectivity index (χ1) is 16.1. The van der Waals surface area contributed by atoms with Crippen LogP contribution >= 0.6 is 0 Å². The Morgan fingerprint density at radius 3 is 2.14 bits per heavy atom. The van der Waals surface area contributed by atoms with E-state index in [1.165, 1.54) is 17.0 Å². The van der Waals surface area contributed by atoms with Crippen molar-refractivity contribution < 1.29 is 40.7 Å². The highest BCUT2D eigenvalue weighted by atomic mass is 32.2. The number of rotatable bonds is 5. The molecule has 1 aliphatic rings. The number of alkyl halides is 4. The lowest BCUT2D eigenvalue weighted by atomic mass is 9.91. The maximum Gasteiger partial charge on any atom is 0.490 e. The van der Waals surface area contributed by atoms with Gasteiger partial charge in [-0.15, -0.1) is 0 Å². The molecule has 3 rings (SSSR count). The summed E-state index contributed by atoms with van der Waals surface area (Å²) in [7, 11) is -3.77. The van der Waals surface area contributed by atoms with Crippen LogP contribution in [0, 0.1) is 0 Å². The van der Waals surface area contributed by atoms with Crippen LogP contribution in [-0.4, -0.2) is 61.8 Å².